The van der Waals surface area contributed by atoms with E-state index in [-0.39, 0.29) is 5.91 Å². The van der Waals surface area contributed by atoms with Crippen LogP contribution in [0.4, 0.5) is 4.79 Å². The van der Waals surface area contributed by atoms with Crippen molar-refractivity contribution >= 4 is 12.0 Å². The summed E-state index contributed by atoms with van der Waals surface area (Å²) in [7, 11) is 0. The highest BCUT2D eigenvalue weighted by Gasteiger charge is 2.05. The van der Waals surface area contributed by atoms with Crippen LogP contribution in [0.25, 0.3) is 0 Å². The van der Waals surface area contributed by atoms with Gasteiger partial charge in [-0.25, -0.2) is 4.79 Å². The summed E-state index contributed by atoms with van der Waals surface area (Å²) in [5.41, 5.74) is 6.59. The van der Waals surface area contributed by atoms with Gasteiger partial charge in [-0.05, 0) is 23.3 Å². The summed E-state index contributed by atoms with van der Waals surface area (Å²) in [4.78, 5) is 22.5. The number of nitrogens with two attached hydrogens (primary N) is 1. The van der Waals surface area contributed by atoms with Crippen molar-refractivity contribution in [3.63, 3.8) is 0 Å². The van der Waals surface area contributed by atoms with Gasteiger partial charge >= 0.3 is 6.09 Å². The van der Waals surface area contributed by atoms with E-state index in [1.165, 1.54) is 6.42 Å². The van der Waals surface area contributed by atoms with Gasteiger partial charge in [0.05, 0.1) is 6.42 Å². The summed E-state index contributed by atoms with van der Waals surface area (Å²) in [5, 5.41) is 2.76. The second-order valence-corrected chi connectivity index (χ2v) is 4.34. The molecule has 0 aromatic heterocycles. The van der Waals surface area contributed by atoms with E-state index in [0.717, 1.165) is 11.1 Å². The van der Waals surface area contributed by atoms with Crippen molar-refractivity contribution in [2.45, 2.75) is 6.54 Å². The first-order chi connectivity index (χ1) is 10.1. The second kappa shape index (κ2) is 7.09. The molecule has 0 saturated carbocycles. The Hall–Kier alpha value is -2.82. The van der Waals surface area contributed by atoms with E-state index < -0.39 is 6.09 Å². The van der Waals surface area contributed by atoms with Crippen LogP contribution >= 0.6 is 0 Å². The third kappa shape index (κ3) is 4.99. The van der Waals surface area contributed by atoms with Crippen molar-refractivity contribution in [3.05, 3.63) is 72.1 Å². The van der Waals surface area contributed by atoms with Gasteiger partial charge in [0.15, 0.2) is 0 Å². The van der Waals surface area contributed by atoms with Crippen molar-refractivity contribution in [1.29, 1.82) is 0 Å². The largest absolute Gasteiger partial charge is 0.410 e. The molecule has 1 radical (unpaired) electrons. The summed E-state index contributed by atoms with van der Waals surface area (Å²) < 4.78 is 4.78. The molecule has 0 spiro atoms. The van der Waals surface area contributed by atoms with Crippen LogP contribution in [0.2, 0.25) is 0 Å². The van der Waals surface area contributed by atoms with Gasteiger partial charge < -0.3 is 15.8 Å². The van der Waals surface area contributed by atoms with E-state index in [1.807, 2.05) is 36.4 Å². The van der Waals surface area contributed by atoms with Crippen LogP contribution in [0.3, 0.4) is 0 Å². The third-order valence-corrected chi connectivity index (χ3v) is 2.68. The van der Waals surface area contributed by atoms with Crippen molar-refractivity contribution in [1.82, 2.24) is 5.32 Å². The van der Waals surface area contributed by atoms with Gasteiger partial charge in [0.1, 0.15) is 5.75 Å². The van der Waals surface area contributed by atoms with E-state index in [2.05, 4.69) is 5.32 Å². The Morgan fingerprint density at radius 3 is 2.57 bits per heavy atom. The first-order valence-electron chi connectivity index (χ1n) is 6.37. The number of ether oxygens (including phenoxy) is 1. The lowest BCUT2D eigenvalue weighted by Crippen LogP contribution is -2.23. The highest BCUT2D eigenvalue weighted by atomic mass is 16.5. The van der Waals surface area contributed by atoms with Crippen LogP contribution in [0.15, 0.2) is 54.6 Å². The molecule has 0 saturated heterocycles. The van der Waals surface area contributed by atoms with Crippen molar-refractivity contribution in [2.24, 2.45) is 5.73 Å². The number of nitrogens with one attached hydrogen (secondary N) is 1. The van der Waals surface area contributed by atoms with Crippen molar-refractivity contribution in [3.8, 4) is 5.75 Å². The molecule has 5 nitrogen and oxygen atoms in total. The molecule has 2 amide bonds. The maximum Gasteiger partial charge on any atom is 0.409 e. The van der Waals surface area contributed by atoms with Gasteiger partial charge in [0.2, 0.25) is 5.91 Å². The Morgan fingerprint density at radius 2 is 1.86 bits per heavy atom. The highest BCUT2D eigenvalue weighted by Crippen LogP contribution is 2.13. The average molecular weight is 283 g/mol. The molecule has 21 heavy (non-hydrogen) atoms. The maximum absolute atomic E-state index is 11.8. The first-order valence-corrected chi connectivity index (χ1v) is 6.37. The van der Waals surface area contributed by atoms with E-state index in [0.29, 0.717) is 12.3 Å². The smallest absolute Gasteiger partial charge is 0.409 e. The monoisotopic (exact) mass is 283 g/mol. The number of carbonyl (C=O) groups excluding carboxylic acids is 2. The molecule has 3 N–H and O–H groups in total. The molecule has 2 aromatic carbocycles. The molecule has 0 atom stereocenters. The van der Waals surface area contributed by atoms with E-state index in [4.69, 9.17) is 10.5 Å². The van der Waals surface area contributed by atoms with Crippen LogP contribution in [-0.4, -0.2) is 12.0 Å². The zero-order valence-electron chi connectivity index (χ0n) is 11.3. The molecule has 0 aliphatic heterocycles. The molecular weight excluding hydrogens is 268 g/mol. The van der Waals surface area contributed by atoms with E-state index in [1.54, 1.807) is 18.2 Å². The lowest BCUT2D eigenvalue weighted by molar-refractivity contribution is -0.117. The molecule has 0 aliphatic rings. The molecular formula is C16H15N2O3. The number of rotatable bonds is 5. The number of benzene rings is 2. The Kier molecular flexibility index (Phi) is 4.93. The minimum atomic E-state index is -0.867. The summed E-state index contributed by atoms with van der Waals surface area (Å²) >= 11 is 0. The fourth-order valence-corrected chi connectivity index (χ4v) is 1.78. The topological polar surface area (TPSA) is 81.4 Å². The fourth-order valence-electron chi connectivity index (χ4n) is 1.78. The average Bonchev–Trinajstić information content (AvgIpc) is 2.46. The van der Waals surface area contributed by atoms with Crippen LogP contribution in [0, 0.1) is 6.42 Å². The quantitative estimate of drug-likeness (QED) is 0.880. The Labute approximate surface area is 122 Å². The Bertz CT molecular complexity index is 626. The number of hydrogen-bond donors (Lipinski definition) is 2. The zero-order valence-corrected chi connectivity index (χ0v) is 11.3. The predicted molar refractivity (Wildman–Crippen MR) is 78.3 cm³/mol. The predicted octanol–water partition coefficient (Wildman–Crippen LogP) is 2.01. The lowest BCUT2D eigenvalue weighted by Gasteiger charge is -2.07. The number of carbonyl (C=O) groups is 2. The summed E-state index contributed by atoms with van der Waals surface area (Å²) in [5.74, 6) is 0.156. The maximum atomic E-state index is 11.8. The van der Waals surface area contributed by atoms with E-state index in [9.17, 15) is 9.59 Å². The molecule has 0 aliphatic carbocycles. The third-order valence-electron chi connectivity index (χ3n) is 2.68. The second-order valence-electron chi connectivity index (χ2n) is 4.34. The lowest BCUT2D eigenvalue weighted by atomic mass is 10.1. The van der Waals surface area contributed by atoms with Crippen molar-refractivity contribution < 1.29 is 14.3 Å². The molecule has 107 valence electrons. The number of amides is 2. The molecule has 0 fully saturated rings. The fraction of sp³-hybridized carbons (Fsp3) is 0.0625. The molecule has 0 bridgehead atoms. The molecule has 5 heteroatoms. The van der Waals surface area contributed by atoms with Gasteiger partial charge in [-0.2, -0.15) is 0 Å². The van der Waals surface area contributed by atoms with Gasteiger partial charge in [0, 0.05) is 6.54 Å². The molecule has 0 heterocycles. The normalized spacial score (nSPS) is 9.90. The van der Waals surface area contributed by atoms with Crippen LogP contribution in [0.1, 0.15) is 11.1 Å². The summed E-state index contributed by atoms with van der Waals surface area (Å²) in [6.45, 7) is 0.331. The SMILES string of the molecule is NC(=O)Oc1cccc(CNC(=O)[CH]c2ccccc2)c1. The molecule has 2 rings (SSSR count). The van der Waals surface area contributed by atoms with Gasteiger partial charge in [-0.3, -0.25) is 4.79 Å². The molecule has 2 aromatic rings. The van der Waals surface area contributed by atoms with Crippen LogP contribution < -0.4 is 15.8 Å². The summed E-state index contributed by atoms with van der Waals surface area (Å²) in [6.07, 6.45) is 0.651. The van der Waals surface area contributed by atoms with Gasteiger partial charge in [-0.1, -0.05) is 42.5 Å². The zero-order chi connectivity index (χ0) is 15.1. The van der Waals surface area contributed by atoms with Crippen LogP contribution in [-0.2, 0) is 11.3 Å². The van der Waals surface area contributed by atoms with Crippen LogP contribution in [0.5, 0.6) is 5.75 Å². The molecule has 0 unspecified atom stereocenters. The number of hydrogen-bond acceptors (Lipinski definition) is 3. The summed E-state index contributed by atoms with van der Waals surface area (Å²) in [6, 6.07) is 16.1. The minimum absolute atomic E-state index is 0.192. The number of primary amides is 1. The minimum Gasteiger partial charge on any atom is -0.410 e. The Morgan fingerprint density at radius 1 is 1.10 bits per heavy atom. The van der Waals surface area contributed by atoms with Crippen molar-refractivity contribution in [2.75, 3.05) is 0 Å². The van der Waals surface area contributed by atoms with Gasteiger partial charge in [0.25, 0.3) is 0 Å². The standard InChI is InChI=1S/C16H15N2O3/c17-16(20)21-14-8-4-7-13(9-14)11-18-15(19)10-12-5-2-1-3-6-12/h1-10H,11H2,(H2,17,20)(H,18,19). The highest BCUT2D eigenvalue weighted by molar-refractivity contribution is 5.88. The first kappa shape index (κ1) is 14.6. The van der Waals surface area contributed by atoms with Gasteiger partial charge in [-0.15, -0.1) is 0 Å². The Balaban J connectivity index is 1.88. The van der Waals surface area contributed by atoms with E-state index >= 15 is 0 Å².